The Morgan fingerprint density at radius 3 is 2.35 bits per heavy atom. The van der Waals surface area contributed by atoms with Gasteiger partial charge in [0.2, 0.25) is 17.7 Å². The van der Waals surface area contributed by atoms with Crippen LogP contribution in [0.25, 0.3) is 5.00 Å². The van der Waals surface area contributed by atoms with Gasteiger partial charge in [-0.1, -0.05) is 23.7 Å². The molecule has 11 rings (SSSR count). The lowest BCUT2D eigenvalue weighted by atomic mass is 9.84. The number of halogens is 2. The first kappa shape index (κ1) is 39.1. The number of piperazine rings is 1. The molecule has 60 heavy (non-hydrogen) atoms. The van der Waals surface area contributed by atoms with E-state index in [-0.39, 0.29) is 66.2 Å². The van der Waals surface area contributed by atoms with Gasteiger partial charge in [-0.2, -0.15) is 0 Å². The Morgan fingerprint density at radius 2 is 1.65 bits per heavy atom. The predicted octanol–water partition coefficient (Wildman–Crippen LogP) is 4.77. The Balaban J connectivity index is 0.772. The molecule has 0 saturated carbocycles. The fraction of sp³-hybridized carbons (Fsp3) is 0.465. The van der Waals surface area contributed by atoms with Gasteiger partial charge in [-0.3, -0.25) is 49.0 Å². The topological polar surface area (TPSA) is 153 Å². The quantitative estimate of drug-likeness (QED) is 0.249. The molecule has 0 aliphatic carbocycles. The number of hydrogen-bond donors (Lipinski definition) is 2. The number of hydrogen-bond acceptors (Lipinski definition) is 11. The van der Waals surface area contributed by atoms with Crippen molar-refractivity contribution in [2.24, 2.45) is 5.92 Å². The summed E-state index contributed by atoms with van der Waals surface area (Å²) in [5, 5.41) is 16.8. The second kappa shape index (κ2) is 14.9. The third-order valence-corrected chi connectivity index (χ3v) is 15.1. The number of likely N-dealkylation sites (tertiary alicyclic amines) is 1. The molecule has 7 aliphatic heterocycles. The summed E-state index contributed by atoms with van der Waals surface area (Å²) in [6, 6.07) is 9.26. The van der Waals surface area contributed by atoms with Crippen LogP contribution in [0.15, 0.2) is 36.4 Å². The molecule has 2 aromatic heterocycles. The lowest BCUT2D eigenvalue weighted by Crippen LogP contribution is -2.69. The Hall–Kier alpha value is -5.03. The molecule has 0 spiro atoms. The zero-order valence-electron chi connectivity index (χ0n) is 33.5. The lowest BCUT2D eigenvalue weighted by molar-refractivity contribution is -0.136. The Labute approximate surface area is 355 Å². The van der Waals surface area contributed by atoms with E-state index in [4.69, 9.17) is 11.6 Å². The number of rotatable bonds is 7. The summed E-state index contributed by atoms with van der Waals surface area (Å²) in [5.74, 6) is -1.08. The maximum atomic E-state index is 15.7. The number of piperidine rings is 3. The van der Waals surface area contributed by atoms with Crippen LogP contribution in [0.5, 0.6) is 0 Å². The van der Waals surface area contributed by atoms with Gasteiger partial charge in [-0.05, 0) is 87.8 Å². The van der Waals surface area contributed by atoms with Gasteiger partial charge in [0.15, 0.2) is 5.82 Å². The summed E-state index contributed by atoms with van der Waals surface area (Å²) in [5.41, 5.74) is 3.73. The number of nitrogens with one attached hydrogen (secondary N) is 2. The van der Waals surface area contributed by atoms with Crippen LogP contribution in [-0.2, 0) is 14.4 Å². The number of anilines is 1. The number of fused-ring (bicyclic) bond motifs is 6. The molecular formula is C43H45ClFN9O5S. The fourth-order valence-corrected chi connectivity index (χ4v) is 11.7. The van der Waals surface area contributed by atoms with E-state index in [2.05, 4.69) is 44.1 Å². The standard InChI is InChI=1S/C43H45ClFN9O5S/c1-21-22(2)60-43-37(21)38(25-4-6-26(44)7-5-25)46-32(39-49-48-23(3)53(39)43)17-36(56)50-12-10-24(11-13-50)18-52-27-14-28(52)20-51(19-27)34-16-30-29(15-31(34)45)41(58)54(42(30)59)33-8-9-35(55)47-40(33)57/h4-7,15-16,24,27-28,32-33,38,46H,8-14,17-20H2,1-3H3,(H,47,55,57)/t27?,28?,32?,33?,38-/m0/s1. The SMILES string of the molecule is Cc1sc2c(c1C)[C@H](c1ccc(Cl)cc1)NC(CC(=O)N1CCC(CN3C4CC3CN(c3cc5c(cc3F)C(=O)N(C3CCC(=O)NC3=O)C5=O)C4)CC1)c1nnc(C)n1-2. The van der Waals surface area contributed by atoms with Crippen molar-refractivity contribution >= 4 is 58.2 Å². The molecular weight excluding hydrogens is 809 g/mol. The molecule has 2 aromatic carbocycles. The number of carbonyl (C=O) groups excluding carboxylic acids is 5. The third-order valence-electron chi connectivity index (χ3n) is 13.6. The summed E-state index contributed by atoms with van der Waals surface area (Å²) in [7, 11) is 0. The Kier molecular flexibility index (Phi) is 9.69. The van der Waals surface area contributed by atoms with E-state index in [9.17, 15) is 24.0 Å². The first-order valence-corrected chi connectivity index (χ1v) is 21.9. The largest absolute Gasteiger partial charge is 0.366 e. The second-order valence-electron chi connectivity index (χ2n) is 17.1. The predicted molar refractivity (Wildman–Crippen MR) is 221 cm³/mol. The molecule has 17 heteroatoms. The highest BCUT2D eigenvalue weighted by Crippen LogP contribution is 2.44. The molecule has 5 saturated heterocycles. The molecule has 5 fully saturated rings. The number of imide groups is 2. The van der Waals surface area contributed by atoms with E-state index in [1.807, 2.05) is 41.0 Å². The number of aromatic nitrogens is 3. The first-order chi connectivity index (χ1) is 28.8. The van der Waals surface area contributed by atoms with Gasteiger partial charge in [0.25, 0.3) is 11.8 Å². The van der Waals surface area contributed by atoms with Crippen LogP contribution >= 0.6 is 22.9 Å². The van der Waals surface area contributed by atoms with Crippen molar-refractivity contribution in [3.05, 3.63) is 91.6 Å². The summed E-state index contributed by atoms with van der Waals surface area (Å²) < 4.78 is 17.8. The number of amides is 5. The van der Waals surface area contributed by atoms with Crippen LogP contribution in [0, 0.1) is 32.5 Å². The average molecular weight is 854 g/mol. The molecule has 0 radical (unpaired) electrons. The van der Waals surface area contributed by atoms with Gasteiger partial charge < -0.3 is 9.80 Å². The van der Waals surface area contributed by atoms with E-state index >= 15 is 4.39 Å². The molecule has 9 heterocycles. The van der Waals surface area contributed by atoms with Crippen LogP contribution in [0.1, 0.15) is 105 Å². The summed E-state index contributed by atoms with van der Waals surface area (Å²) >= 11 is 8.02. The van der Waals surface area contributed by atoms with Crippen LogP contribution < -0.4 is 15.5 Å². The van der Waals surface area contributed by atoms with Gasteiger partial charge in [-0.15, -0.1) is 21.5 Å². The average Bonchev–Trinajstić information content (AvgIpc) is 3.80. The normalized spacial score (nSPS) is 25.5. The Bertz CT molecular complexity index is 2470. The van der Waals surface area contributed by atoms with Crippen molar-refractivity contribution in [3.63, 3.8) is 0 Å². The van der Waals surface area contributed by atoms with Crippen LogP contribution in [0.2, 0.25) is 5.02 Å². The van der Waals surface area contributed by atoms with Crippen molar-refractivity contribution in [3.8, 4) is 5.00 Å². The minimum absolute atomic E-state index is 0.0146. The summed E-state index contributed by atoms with van der Waals surface area (Å²) in [4.78, 5) is 73.5. The molecule has 2 bridgehead atoms. The third kappa shape index (κ3) is 6.45. The number of aryl methyl sites for hydroxylation is 2. The molecule has 5 atom stereocenters. The van der Waals surface area contributed by atoms with Gasteiger partial charge in [0.05, 0.1) is 28.9 Å². The highest BCUT2D eigenvalue weighted by molar-refractivity contribution is 7.14. The van der Waals surface area contributed by atoms with Crippen molar-refractivity contribution < 1.29 is 28.4 Å². The van der Waals surface area contributed by atoms with Crippen molar-refractivity contribution in [2.75, 3.05) is 37.6 Å². The second-order valence-corrected chi connectivity index (χ2v) is 18.8. The Morgan fingerprint density at radius 1 is 0.950 bits per heavy atom. The van der Waals surface area contributed by atoms with Crippen molar-refractivity contribution in [1.29, 1.82) is 0 Å². The van der Waals surface area contributed by atoms with E-state index in [0.717, 1.165) is 59.0 Å². The molecule has 7 aliphatic rings. The minimum Gasteiger partial charge on any atom is -0.366 e. The number of thiophene rings is 1. The summed E-state index contributed by atoms with van der Waals surface area (Å²) in [6.45, 7) is 9.66. The van der Waals surface area contributed by atoms with Crippen LogP contribution in [-0.4, -0.2) is 110 Å². The van der Waals surface area contributed by atoms with E-state index in [0.29, 0.717) is 37.1 Å². The fourth-order valence-electron chi connectivity index (χ4n) is 10.3. The van der Waals surface area contributed by atoms with Crippen LogP contribution in [0.3, 0.4) is 0 Å². The monoisotopic (exact) mass is 853 g/mol. The molecule has 5 amide bonds. The zero-order chi connectivity index (χ0) is 41.7. The van der Waals surface area contributed by atoms with Crippen LogP contribution in [0.4, 0.5) is 10.1 Å². The smallest absolute Gasteiger partial charge is 0.262 e. The van der Waals surface area contributed by atoms with Crippen molar-refractivity contribution in [2.45, 2.75) is 89.5 Å². The van der Waals surface area contributed by atoms with Crippen molar-refractivity contribution in [1.82, 2.24) is 40.1 Å². The molecule has 2 N–H and O–H groups in total. The van der Waals surface area contributed by atoms with Gasteiger partial charge in [0.1, 0.15) is 22.7 Å². The number of nitrogens with zero attached hydrogens (tertiary/aromatic N) is 7. The first-order valence-electron chi connectivity index (χ1n) is 20.7. The van der Waals surface area contributed by atoms with Gasteiger partial charge >= 0.3 is 0 Å². The highest BCUT2D eigenvalue weighted by Gasteiger charge is 2.48. The highest BCUT2D eigenvalue weighted by atomic mass is 35.5. The molecule has 14 nitrogen and oxygen atoms in total. The molecule has 312 valence electrons. The van der Waals surface area contributed by atoms with Gasteiger partial charge in [0, 0.05) is 73.1 Å². The minimum atomic E-state index is -1.11. The van der Waals surface area contributed by atoms with E-state index < -0.39 is 35.5 Å². The maximum absolute atomic E-state index is 15.7. The maximum Gasteiger partial charge on any atom is 0.262 e. The lowest BCUT2D eigenvalue weighted by Gasteiger charge is -2.58. The molecule has 4 unspecified atom stereocenters. The van der Waals surface area contributed by atoms with E-state index in [1.165, 1.54) is 22.1 Å². The van der Waals surface area contributed by atoms with Gasteiger partial charge in [-0.25, -0.2) is 4.39 Å². The number of benzene rings is 2. The zero-order valence-corrected chi connectivity index (χ0v) is 35.1. The molecule has 4 aromatic rings. The van der Waals surface area contributed by atoms with E-state index in [1.54, 1.807) is 11.3 Å². The summed E-state index contributed by atoms with van der Waals surface area (Å²) in [6.07, 6.45) is 3.09. The number of carbonyl (C=O) groups is 5.